The van der Waals surface area contributed by atoms with Gasteiger partial charge in [0, 0.05) is 12.7 Å². The Labute approximate surface area is 76.0 Å². The summed E-state index contributed by atoms with van der Waals surface area (Å²) >= 11 is 0. The molecule has 0 aliphatic carbocycles. The van der Waals surface area contributed by atoms with Crippen LogP contribution in [0.15, 0.2) is 18.3 Å². The van der Waals surface area contributed by atoms with Gasteiger partial charge in [0.25, 0.3) is 5.91 Å². The molecule has 0 unspecified atom stereocenters. The highest BCUT2D eigenvalue weighted by molar-refractivity contribution is 5.94. The highest BCUT2D eigenvalue weighted by atomic mass is 19.1. The second kappa shape index (κ2) is 4.54. The molecule has 0 aliphatic heterocycles. The SMILES string of the molecule is CCCNC(=O)c1cccnc1F. The van der Waals surface area contributed by atoms with Crippen molar-refractivity contribution in [3.05, 3.63) is 29.8 Å². The minimum absolute atomic E-state index is 0.00375. The maximum Gasteiger partial charge on any atom is 0.255 e. The second-order valence-corrected chi connectivity index (χ2v) is 2.60. The fraction of sp³-hybridized carbons (Fsp3) is 0.333. The zero-order valence-corrected chi connectivity index (χ0v) is 7.38. The summed E-state index contributed by atoms with van der Waals surface area (Å²) in [4.78, 5) is 14.6. The van der Waals surface area contributed by atoms with E-state index in [-0.39, 0.29) is 5.56 Å². The first-order chi connectivity index (χ1) is 6.25. The van der Waals surface area contributed by atoms with Gasteiger partial charge in [0.15, 0.2) is 0 Å². The zero-order chi connectivity index (χ0) is 9.68. The van der Waals surface area contributed by atoms with Crippen molar-refractivity contribution in [2.24, 2.45) is 0 Å². The van der Waals surface area contributed by atoms with E-state index in [0.29, 0.717) is 6.54 Å². The van der Waals surface area contributed by atoms with Crippen LogP contribution in [0.1, 0.15) is 23.7 Å². The molecule has 1 aromatic heterocycles. The van der Waals surface area contributed by atoms with Crippen molar-refractivity contribution >= 4 is 5.91 Å². The predicted molar refractivity (Wildman–Crippen MR) is 46.8 cm³/mol. The van der Waals surface area contributed by atoms with E-state index in [1.807, 2.05) is 6.92 Å². The summed E-state index contributed by atoms with van der Waals surface area (Å²) in [6.07, 6.45) is 2.14. The number of pyridine rings is 1. The summed E-state index contributed by atoms with van der Waals surface area (Å²) in [5.74, 6) is -1.14. The van der Waals surface area contributed by atoms with Crippen molar-refractivity contribution in [1.29, 1.82) is 0 Å². The van der Waals surface area contributed by atoms with Crippen LogP contribution in [0.2, 0.25) is 0 Å². The monoisotopic (exact) mass is 182 g/mol. The molecule has 3 nitrogen and oxygen atoms in total. The van der Waals surface area contributed by atoms with Gasteiger partial charge in [-0.15, -0.1) is 0 Å². The number of carbonyl (C=O) groups excluding carboxylic acids is 1. The second-order valence-electron chi connectivity index (χ2n) is 2.60. The Morgan fingerprint density at radius 3 is 3.08 bits per heavy atom. The van der Waals surface area contributed by atoms with E-state index in [1.165, 1.54) is 18.3 Å². The lowest BCUT2D eigenvalue weighted by Crippen LogP contribution is -2.25. The molecule has 13 heavy (non-hydrogen) atoms. The average Bonchev–Trinajstić information content (AvgIpc) is 2.15. The van der Waals surface area contributed by atoms with Crippen LogP contribution in [0.5, 0.6) is 0 Å². The van der Waals surface area contributed by atoms with Gasteiger partial charge >= 0.3 is 0 Å². The number of hydrogen-bond acceptors (Lipinski definition) is 2. The van der Waals surface area contributed by atoms with Gasteiger partial charge < -0.3 is 5.32 Å². The fourth-order valence-corrected chi connectivity index (χ4v) is 0.889. The Hall–Kier alpha value is -1.45. The maximum atomic E-state index is 12.9. The van der Waals surface area contributed by atoms with Gasteiger partial charge in [0.1, 0.15) is 0 Å². The number of halogens is 1. The lowest BCUT2D eigenvalue weighted by molar-refractivity contribution is 0.0948. The number of nitrogens with zero attached hydrogens (tertiary/aromatic N) is 1. The smallest absolute Gasteiger partial charge is 0.255 e. The predicted octanol–water partition coefficient (Wildman–Crippen LogP) is 1.36. The van der Waals surface area contributed by atoms with Crippen molar-refractivity contribution in [2.75, 3.05) is 6.54 Å². The molecule has 1 amide bonds. The van der Waals surface area contributed by atoms with Gasteiger partial charge in [-0.1, -0.05) is 6.92 Å². The topological polar surface area (TPSA) is 42.0 Å². The Kier molecular flexibility index (Phi) is 3.37. The molecule has 4 heteroatoms. The number of carbonyl (C=O) groups is 1. The normalized spacial score (nSPS) is 9.69. The number of nitrogens with one attached hydrogen (secondary N) is 1. The van der Waals surface area contributed by atoms with Crippen LogP contribution in [0.4, 0.5) is 4.39 Å². The summed E-state index contributed by atoms with van der Waals surface area (Å²) in [5.41, 5.74) is -0.00375. The van der Waals surface area contributed by atoms with Crippen molar-refractivity contribution < 1.29 is 9.18 Å². The molecule has 1 heterocycles. The van der Waals surface area contributed by atoms with Crippen LogP contribution in [-0.4, -0.2) is 17.4 Å². The Bertz CT molecular complexity index is 301. The van der Waals surface area contributed by atoms with Crippen LogP contribution in [-0.2, 0) is 0 Å². The molecule has 0 fully saturated rings. The van der Waals surface area contributed by atoms with Gasteiger partial charge in [0.2, 0.25) is 5.95 Å². The Balaban J connectivity index is 2.71. The van der Waals surface area contributed by atoms with Crippen molar-refractivity contribution in [1.82, 2.24) is 10.3 Å². The summed E-state index contributed by atoms with van der Waals surface area (Å²) in [6, 6.07) is 2.94. The lowest BCUT2D eigenvalue weighted by Gasteiger charge is -2.02. The Morgan fingerprint density at radius 2 is 2.46 bits per heavy atom. The van der Waals surface area contributed by atoms with Crippen LogP contribution in [0, 0.1) is 5.95 Å². The van der Waals surface area contributed by atoms with Crippen LogP contribution < -0.4 is 5.32 Å². The van der Waals surface area contributed by atoms with E-state index >= 15 is 0 Å². The van der Waals surface area contributed by atoms with Crippen LogP contribution in [0.3, 0.4) is 0 Å². The van der Waals surface area contributed by atoms with Gasteiger partial charge in [-0.05, 0) is 18.6 Å². The molecule has 0 spiro atoms. The molecule has 0 saturated heterocycles. The third-order valence-electron chi connectivity index (χ3n) is 1.54. The molecular formula is C9H11FN2O. The fourth-order valence-electron chi connectivity index (χ4n) is 0.889. The third kappa shape index (κ3) is 2.50. The average molecular weight is 182 g/mol. The van der Waals surface area contributed by atoms with Crippen molar-refractivity contribution in [2.45, 2.75) is 13.3 Å². The molecule has 0 bridgehead atoms. The van der Waals surface area contributed by atoms with Crippen LogP contribution >= 0.6 is 0 Å². The summed E-state index contributed by atoms with van der Waals surface area (Å²) in [5, 5.41) is 2.57. The molecule has 1 rings (SSSR count). The molecule has 0 saturated carbocycles. The highest BCUT2D eigenvalue weighted by Gasteiger charge is 2.09. The highest BCUT2D eigenvalue weighted by Crippen LogP contribution is 2.02. The summed E-state index contributed by atoms with van der Waals surface area (Å²) < 4.78 is 12.9. The van der Waals surface area contributed by atoms with Gasteiger partial charge in [0.05, 0.1) is 5.56 Å². The summed E-state index contributed by atoms with van der Waals surface area (Å²) in [7, 11) is 0. The minimum Gasteiger partial charge on any atom is -0.352 e. The van der Waals surface area contributed by atoms with Crippen LogP contribution in [0.25, 0.3) is 0 Å². The van der Waals surface area contributed by atoms with E-state index in [4.69, 9.17) is 0 Å². The zero-order valence-electron chi connectivity index (χ0n) is 7.38. The first kappa shape index (κ1) is 9.64. The van der Waals surface area contributed by atoms with E-state index in [9.17, 15) is 9.18 Å². The molecule has 0 radical (unpaired) electrons. The first-order valence-electron chi connectivity index (χ1n) is 4.14. The standard InChI is InChI=1S/C9H11FN2O/c1-2-5-12-9(13)7-4-3-6-11-8(7)10/h3-4,6H,2,5H2,1H3,(H,12,13). The third-order valence-corrected chi connectivity index (χ3v) is 1.54. The molecule has 1 aromatic rings. The number of amides is 1. The van der Waals surface area contributed by atoms with E-state index in [1.54, 1.807) is 0 Å². The quantitative estimate of drug-likeness (QED) is 0.717. The molecule has 70 valence electrons. The number of rotatable bonds is 3. The molecule has 0 aliphatic rings. The number of aromatic nitrogens is 1. The van der Waals surface area contributed by atoms with Crippen molar-refractivity contribution in [3.8, 4) is 0 Å². The van der Waals surface area contributed by atoms with E-state index < -0.39 is 11.9 Å². The van der Waals surface area contributed by atoms with Gasteiger partial charge in [-0.2, -0.15) is 4.39 Å². The number of hydrogen-bond donors (Lipinski definition) is 1. The van der Waals surface area contributed by atoms with Crippen molar-refractivity contribution in [3.63, 3.8) is 0 Å². The molecule has 1 N–H and O–H groups in total. The van der Waals surface area contributed by atoms with E-state index in [2.05, 4.69) is 10.3 Å². The van der Waals surface area contributed by atoms with Gasteiger partial charge in [-0.3, -0.25) is 4.79 Å². The Morgan fingerprint density at radius 1 is 1.69 bits per heavy atom. The minimum atomic E-state index is -0.726. The van der Waals surface area contributed by atoms with E-state index in [0.717, 1.165) is 6.42 Å². The largest absolute Gasteiger partial charge is 0.352 e. The molecular weight excluding hydrogens is 171 g/mol. The lowest BCUT2D eigenvalue weighted by atomic mass is 10.2. The maximum absolute atomic E-state index is 12.9. The van der Waals surface area contributed by atoms with Gasteiger partial charge in [-0.25, -0.2) is 4.98 Å². The summed E-state index contributed by atoms with van der Waals surface area (Å²) in [6.45, 7) is 2.48. The molecule has 0 atom stereocenters. The first-order valence-corrected chi connectivity index (χ1v) is 4.14. The molecule has 0 aromatic carbocycles.